The largest absolute Gasteiger partial charge is 0.389 e. The first-order valence-corrected chi connectivity index (χ1v) is 11.6. The Morgan fingerprint density at radius 2 is 1.93 bits per heavy atom. The van der Waals surface area contributed by atoms with E-state index in [4.69, 9.17) is 0 Å². The van der Waals surface area contributed by atoms with E-state index in [2.05, 4.69) is 39.5 Å². The van der Waals surface area contributed by atoms with E-state index in [1.807, 2.05) is 6.92 Å². The summed E-state index contributed by atoms with van der Waals surface area (Å²) in [6, 6.07) is 0. The molecule has 156 valence electrons. The molecular formula is C26H34O3. The number of carbonyl (C=O) groups excluding carboxylic acids is 2. The molecule has 0 aromatic carbocycles. The molecule has 29 heavy (non-hydrogen) atoms. The van der Waals surface area contributed by atoms with E-state index < -0.39 is 11.0 Å². The fourth-order valence-corrected chi connectivity index (χ4v) is 9.78. The Morgan fingerprint density at radius 3 is 2.59 bits per heavy atom. The molecule has 2 bridgehead atoms. The normalized spacial score (nSPS) is 59.4. The van der Waals surface area contributed by atoms with Crippen molar-refractivity contribution in [2.45, 2.75) is 71.8 Å². The quantitative estimate of drug-likeness (QED) is 0.526. The number of rotatable bonds is 1. The predicted molar refractivity (Wildman–Crippen MR) is 111 cm³/mol. The van der Waals surface area contributed by atoms with E-state index in [0.29, 0.717) is 36.9 Å². The van der Waals surface area contributed by atoms with Gasteiger partial charge >= 0.3 is 0 Å². The number of ketones is 2. The third-order valence-electron chi connectivity index (χ3n) is 11.4. The fourth-order valence-electron chi connectivity index (χ4n) is 9.78. The topological polar surface area (TPSA) is 54.4 Å². The van der Waals surface area contributed by atoms with Crippen LogP contribution in [0.2, 0.25) is 0 Å². The van der Waals surface area contributed by atoms with Crippen molar-refractivity contribution in [2.24, 2.45) is 51.2 Å². The molecule has 0 amide bonds. The molecule has 0 aliphatic heterocycles. The summed E-state index contributed by atoms with van der Waals surface area (Å²) in [7, 11) is 0. The minimum absolute atomic E-state index is 0.160. The SMILES string of the molecule is C=C1C(=O)C[C@@H]2[C@@H]1CC[C@](C)(O)C13C=CC(C)([C@@H]21)[C@]1(C3)C(=O)C[C@@]2(C(C)C)C[C@H]21. The second-order valence-corrected chi connectivity index (χ2v) is 12.3. The van der Waals surface area contributed by atoms with Crippen molar-refractivity contribution in [3.05, 3.63) is 24.3 Å². The Labute approximate surface area is 174 Å². The van der Waals surface area contributed by atoms with Crippen molar-refractivity contribution >= 4 is 11.6 Å². The van der Waals surface area contributed by atoms with E-state index in [1.165, 1.54) is 0 Å². The van der Waals surface area contributed by atoms with Gasteiger partial charge in [0.1, 0.15) is 5.78 Å². The van der Waals surface area contributed by atoms with Crippen LogP contribution in [0.4, 0.5) is 0 Å². The standard InChI is InChI=1S/C26H34O3/c1-14(2)24-11-19(24)26(20(28)12-24)13-25-9-8-22(26,4)21(25)17-10-18(27)15(3)16(17)6-7-23(25,5)29/h8-9,14,16-17,19,21,29H,3,6-7,10-13H2,1-2,4-5H3/t16-,17-,19-,21-,22?,23+,24-,25?,26+/m1/s1. The molecule has 0 saturated heterocycles. The van der Waals surface area contributed by atoms with Gasteiger partial charge in [0.25, 0.3) is 0 Å². The van der Waals surface area contributed by atoms with Crippen molar-refractivity contribution < 1.29 is 14.7 Å². The van der Waals surface area contributed by atoms with Gasteiger partial charge in [0, 0.05) is 29.1 Å². The lowest BCUT2D eigenvalue weighted by molar-refractivity contribution is -0.133. The summed E-state index contributed by atoms with van der Waals surface area (Å²) in [4.78, 5) is 26.5. The maximum atomic E-state index is 13.8. The molecule has 0 radical (unpaired) electrons. The average molecular weight is 395 g/mol. The Balaban J connectivity index is 1.56. The molecule has 5 saturated carbocycles. The summed E-state index contributed by atoms with van der Waals surface area (Å²) in [5, 5.41) is 11.8. The van der Waals surface area contributed by atoms with Crippen LogP contribution < -0.4 is 0 Å². The van der Waals surface area contributed by atoms with Crippen LogP contribution in [0.1, 0.15) is 66.2 Å². The maximum absolute atomic E-state index is 13.8. The highest BCUT2D eigenvalue weighted by Crippen LogP contribution is 2.87. The van der Waals surface area contributed by atoms with Crippen LogP contribution in [0.25, 0.3) is 0 Å². The van der Waals surface area contributed by atoms with Gasteiger partial charge in [-0.2, -0.15) is 0 Å². The minimum Gasteiger partial charge on any atom is -0.389 e. The Hall–Kier alpha value is -1.22. The van der Waals surface area contributed by atoms with Gasteiger partial charge in [0.2, 0.25) is 0 Å². The van der Waals surface area contributed by atoms with E-state index in [9.17, 15) is 14.7 Å². The van der Waals surface area contributed by atoms with Crippen molar-refractivity contribution in [3.8, 4) is 0 Å². The summed E-state index contributed by atoms with van der Waals surface area (Å²) in [6.45, 7) is 13.0. The van der Waals surface area contributed by atoms with E-state index in [-0.39, 0.29) is 39.8 Å². The molecule has 3 heteroatoms. The Bertz CT molecular complexity index is 911. The van der Waals surface area contributed by atoms with Crippen LogP contribution in [-0.2, 0) is 9.59 Å². The molecule has 0 aromatic heterocycles. The predicted octanol–water partition coefficient (Wildman–Crippen LogP) is 4.50. The van der Waals surface area contributed by atoms with Gasteiger partial charge in [0.15, 0.2) is 5.78 Å². The van der Waals surface area contributed by atoms with Crippen molar-refractivity contribution in [2.75, 3.05) is 0 Å². The number of Topliss-reactive ketones (excluding diaryl/α,β-unsaturated/α-hetero) is 2. The third kappa shape index (κ3) is 1.65. The van der Waals surface area contributed by atoms with E-state index >= 15 is 0 Å². The Kier molecular flexibility index (Phi) is 3.08. The first kappa shape index (κ1) is 18.5. The lowest BCUT2D eigenvalue weighted by Gasteiger charge is -2.44. The van der Waals surface area contributed by atoms with Crippen LogP contribution in [-0.4, -0.2) is 22.3 Å². The van der Waals surface area contributed by atoms with Crippen LogP contribution in [0.3, 0.4) is 0 Å². The van der Waals surface area contributed by atoms with E-state index in [1.54, 1.807) is 0 Å². The van der Waals surface area contributed by atoms with Crippen LogP contribution in [0.5, 0.6) is 0 Å². The average Bonchev–Trinajstić information content (AvgIpc) is 3.02. The number of allylic oxidation sites excluding steroid dienone is 2. The molecule has 2 unspecified atom stereocenters. The molecule has 5 fully saturated rings. The molecule has 1 spiro atoms. The number of fused-ring (bicyclic) bond motifs is 4. The molecule has 1 N–H and O–H groups in total. The highest BCUT2D eigenvalue weighted by molar-refractivity contribution is 5.98. The third-order valence-corrected chi connectivity index (χ3v) is 11.4. The van der Waals surface area contributed by atoms with Gasteiger partial charge < -0.3 is 5.11 Å². The molecule has 6 aliphatic carbocycles. The van der Waals surface area contributed by atoms with Crippen LogP contribution in [0.15, 0.2) is 24.3 Å². The van der Waals surface area contributed by atoms with Gasteiger partial charge in [0.05, 0.1) is 5.60 Å². The lowest BCUT2D eigenvalue weighted by atomic mass is 9.57. The Morgan fingerprint density at radius 1 is 1.21 bits per heavy atom. The van der Waals surface area contributed by atoms with Crippen molar-refractivity contribution in [3.63, 3.8) is 0 Å². The van der Waals surface area contributed by atoms with Crippen molar-refractivity contribution in [1.82, 2.24) is 0 Å². The second kappa shape index (κ2) is 4.82. The summed E-state index contributed by atoms with van der Waals surface area (Å²) >= 11 is 0. The monoisotopic (exact) mass is 394 g/mol. The minimum atomic E-state index is -0.846. The first-order valence-electron chi connectivity index (χ1n) is 11.6. The summed E-state index contributed by atoms with van der Waals surface area (Å²) < 4.78 is 0. The van der Waals surface area contributed by atoms with Crippen LogP contribution >= 0.6 is 0 Å². The molecule has 6 rings (SSSR count). The second-order valence-electron chi connectivity index (χ2n) is 12.3. The highest BCUT2D eigenvalue weighted by Gasteiger charge is 2.86. The van der Waals surface area contributed by atoms with Gasteiger partial charge in [-0.25, -0.2) is 0 Å². The van der Waals surface area contributed by atoms with Gasteiger partial charge in [-0.1, -0.05) is 39.5 Å². The number of aliphatic hydroxyl groups is 1. The molecule has 3 nitrogen and oxygen atoms in total. The van der Waals surface area contributed by atoms with Gasteiger partial charge in [-0.05, 0) is 73.2 Å². The first-order chi connectivity index (χ1) is 13.5. The van der Waals surface area contributed by atoms with Crippen LogP contribution in [0, 0.1) is 51.2 Å². The molecular weight excluding hydrogens is 360 g/mol. The van der Waals surface area contributed by atoms with Crippen molar-refractivity contribution in [1.29, 1.82) is 0 Å². The molecule has 0 heterocycles. The molecule has 0 aromatic rings. The smallest absolute Gasteiger partial charge is 0.158 e. The summed E-state index contributed by atoms with van der Waals surface area (Å²) in [5.74, 6) is 2.15. The summed E-state index contributed by atoms with van der Waals surface area (Å²) in [5.41, 5.74) is -0.903. The van der Waals surface area contributed by atoms with Gasteiger partial charge in [-0.3, -0.25) is 9.59 Å². The zero-order valence-electron chi connectivity index (χ0n) is 18.3. The fraction of sp³-hybridized carbons (Fsp3) is 0.769. The lowest BCUT2D eigenvalue weighted by Crippen LogP contribution is -2.47. The van der Waals surface area contributed by atoms with E-state index in [0.717, 1.165) is 24.8 Å². The number of carbonyl (C=O) groups is 2. The number of hydrogen-bond donors (Lipinski definition) is 1. The summed E-state index contributed by atoms with van der Waals surface area (Å²) in [6.07, 6.45) is 9.32. The molecule has 6 aliphatic rings. The van der Waals surface area contributed by atoms with Gasteiger partial charge in [-0.15, -0.1) is 0 Å². The number of hydrogen-bond acceptors (Lipinski definition) is 3. The highest BCUT2D eigenvalue weighted by atomic mass is 16.3. The maximum Gasteiger partial charge on any atom is 0.158 e. The zero-order chi connectivity index (χ0) is 20.8. The molecule has 9 atom stereocenters. The zero-order valence-corrected chi connectivity index (χ0v) is 18.3.